The Kier molecular flexibility index (Phi) is 8.66. The second-order valence-electron chi connectivity index (χ2n) is 8.86. The summed E-state index contributed by atoms with van der Waals surface area (Å²) in [6, 6.07) is 12.6. The summed E-state index contributed by atoms with van der Waals surface area (Å²) in [6.07, 6.45) is 0.739. The summed E-state index contributed by atoms with van der Waals surface area (Å²) in [5.41, 5.74) is 2.92. The quantitative estimate of drug-likeness (QED) is 0.237. The number of benzene rings is 2. The number of nitrogens with zero attached hydrogens (tertiary/aromatic N) is 3. The van der Waals surface area contributed by atoms with Gasteiger partial charge in [0.2, 0.25) is 11.1 Å². The predicted octanol–water partition coefficient (Wildman–Crippen LogP) is 6.26. The monoisotopic (exact) mass is 542 g/mol. The minimum absolute atomic E-state index is 0.264. The fourth-order valence-corrected chi connectivity index (χ4v) is 4.76. The van der Waals surface area contributed by atoms with E-state index in [0.717, 1.165) is 23.3 Å². The van der Waals surface area contributed by atoms with Gasteiger partial charge in [0.1, 0.15) is 12.6 Å². The largest absolute Gasteiger partial charge is 0.493 e. The van der Waals surface area contributed by atoms with E-state index in [1.54, 1.807) is 23.6 Å². The van der Waals surface area contributed by atoms with E-state index in [9.17, 15) is 4.79 Å². The lowest BCUT2D eigenvalue weighted by molar-refractivity contribution is -0.143. The van der Waals surface area contributed by atoms with Crippen LogP contribution in [0.2, 0.25) is 5.02 Å². The van der Waals surface area contributed by atoms with Crippen molar-refractivity contribution in [2.24, 2.45) is 0 Å². The number of allylic oxidation sites excluding steroid dienone is 1. The van der Waals surface area contributed by atoms with E-state index in [0.29, 0.717) is 45.5 Å². The molecule has 0 amide bonds. The average molecular weight is 543 g/mol. The minimum atomic E-state index is -0.551. The molecule has 2 aromatic carbocycles. The summed E-state index contributed by atoms with van der Waals surface area (Å²) in [5, 5.41) is 9.29. The first-order chi connectivity index (χ1) is 17.8. The van der Waals surface area contributed by atoms with Crippen LogP contribution in [0.5, 0.6) is 11.5 Å². The normalized spacial score (nSPS) is 14.8. The van der Waals surface area contributed by atoms with Gasteiger partial charge >= 0.3 is 5.97 Å². The van der Waals surface area contributed by atoms with Crippen molar-refractivity contribution >= 4 is 35.3 Å². The van der Waals surface area contributed by atoms with Gasteiger partial charge in [-0.25, -0.2) is 9.48 Å². The number of rotatable bonds is 10. The zero-order valence-corrected chi connectivity index (χ0v) is 23.2. The van der Waals surface area contributed by atoms with Gasteiger partial charge in [-0.3, -0.25) is 0 Å². The smallest absolute Gasteiger partial charge is 0.338 e. The average Bonchev–Trinajstić information content (AvgIpc) is 3.28. The van der Waals surface area contributed by atoms with Gasteiger partial charge in [-0.15, -0.1) is 5.10 Å². The summed E-state index contributed by atoms with van der Waals surface area (Å²) in [5.74, 6) is 2.19. The number of aromatic nitrogens is 3. The molecule has 0 aliphatic carbocycles. The molecule has 0 fully saturated rings. The number of methoxy groups -OCH3 is 1. The van der Waals surface area contributed by atoms with E-state index in [2.05, 4.69) is 17.2 Å². The second-order valence-corrected chi connectivity index (χ2v) is 10.4. The van der Waals surface area contributed by atoms with E-state index < -0.39 is 12.0 Å². The molecule has 1 aliphatic heterocycles. The first-order valence-electron chi connectivity index (χ1n) is 12.1. The van der Waals surface area contributed by atoms with Crippen molar-refractivity contribution in [2.75, 3.05) is 18.2 Å². The zero-order valence-electron chi connectivity index (χ0n) is 21.6. The molecule has 4 rings (SSSR count). The maximum atomic E-state index is 13.2. The maximum absolute atomic E-state index is 13.2. The van der Waals surface area contributed by atoms with Crippen molar-refractivity contribution in [3.8, 4) is 11.5 Å². The molecule has 0 bridgehead atoms. The fraction of sp³-hybridized carbons (Fsp3) is 0.370. The number of carbonyl (C=O) groups is 1. The Bertz CT molecular complexity index is 1290. The van der Waals surface area contributed by atoms with Crippen LogP contribution in [0.15, 0.2) is 58.9 Å². The number of halogens is 1. The van der Waals surface area contributed by atoms with Crippen LogP contribution in [0.4, 0.5) is 5.95 Å². The highest BCUT2D eigenvalue weighted by Crippen LogP contribution is 2.40. The Morgan fingerprint density at radius 1 is 1.19 bits per heavy atom. The molecule has 196 valence electrons. The fourth-order valence-electron chi connectivity index (χ4n) is 3.95. The molecule has 0 saturated carbocycles. The van der Waals surface area contributed by atoms with Gasteiger partial charge in [0.25, 0.3) is 0 Å². The highest BCUT2D eigenvalue weighted by atomic mass is 35.5. The molecule has 1 aliphatic rings. The Balaban J connectivity index is 1.70. The van der Waals surface area contributed by atoms with Crippen molar-refractivity contribution in [3.63, 3.8) is 0 Å². The van der Waals surface area contributed by atoms with Crippen LogP contribution in [0, 0.1) is 0 Å². The summed E-state index contributed by atoms with van der Waals surface area (Å²) in [6.45, 7) is 7.97. The number of carbonyl (C=O) groups excluding carboxylic acids is 1. The number of ether oxygens (including phenoxy) is 3. The van der Waals surface area contributed by atoms with Crippen molar-refractivity contribution in [2.45, 2.75) is 58.0 Å². The maximum Gasteiger partial charge on any atom is 0.338 e. The molecule has 1 N–H and O–H groups in total. The Labute approximate surface area is 226 Å². The molecular formula is C27H31ClN4O4S. The summed E-state index contributed by atoms with van der Waals surface area (Å²) < 4.78 is 19.1. The molecule has 10 heteroatoms. The number of hydrogen-bond acceptors (Lipinski definition) is 8. The van der Waals surface area contributed by atoms with Crippen molar-refractivity contribution in [1.82, 2.24) is 14.8 Å². The third-order valence-electron chi connectivity index (χ3n) is 5.64. The molecule has 2 heterocycles. The number of hydrogen-bond donors (Lipinski definition) is 1. The van der Waals surface area contributed by atoms with Crippen LogP contribution in [-0.2, 0) is 16.1 Å². The van der Waals surface area contributed by atoms with Crippen LogP contribution in [0.1, 0.15) is 51.3 Å². The predicted molar refractivity (Wildman–Crippen MR) is 146 cm³/mol. The number of thioether (sulfide) groups is 1. The van der Waals surface area contributed by atoms with Crippen LogP contribution in [0.3, 0.4) is 0 Å². The molecule has 0 spiro atoms. The van der Waals surface area contributed by atoms with Crippen LogP contribution in [0.25, 0.3) is 0 Å². The zero-order chi connectivity index (χ0) is 26.5. The highest BCUT2D eigenvalue weighted by molar-refractivity contribution is 7.99. The first-order valence-corrected chi connectivity index (χ1v) is 13.5. The molecule has 8 nitrogen and oxygen atoms in total. The van der Waals surface area contributed by atoms with E-state index in [1.165, 1.54) is 0 Å². The highest BCUT2D eigenvalue weighted by Gasteiger charge is 2.36. The lowest BCUT2D eigenvalue weighted by Crippen LogP contribution is -2.30. The van der Waals surface area contributed by atoms with Crippen molar-refractivity contribution in [3.05, 3.63) is 69.9 Å². The Hall–Kier alpha value is -3.17. The van der Waals surface area contributed by atoms with Gasteiger partial charge in [0.05, 0.1) is 18.8 Å². The number of nitrogens with one attached hydrogen (secondary N) is 1. The minimum Gasteiger partial charge on any atom is -0.493 e. The Morgan fingerprint density at radius 2 is 1.95 bits per heavy atom. The number of fused-ring (bicyclic) bond motifs is 1. The summed E-state index contributed by atoms with van der Waals surface area (Å²) in [4.78, 5) is 17.9. The van der Waals surface area contributed by atoms with E-state index >= 15 is 0 Å². The molecular weight excluding hydrogens is 512 g/mol. The lowest BCUT2D eigenvalue weighted by Gasteiger charge is -2.29. The lowest BCUT2D eigenvalue weighted by atomic mass is 9.95. The van der Waals surface area contributed by atoms with Crippen LogP contribution in [-0.4, -0.2) is 39.7 Å². The number of esters is 1. The number of anilines is 1. The molecule has 1 unspecified atom stereocenters. The standard InChI is InChI=1S/C27H31ClN4O4S/c1-6-13-37-27-30-26-29-17(4)23(25(33)36-16(2)3)24(32(26)31-27)19-9-12-21(22(14-19)34-5)35-15-18-7-10-20(28)11-8-18/h7-12,14,16,24H,6,13,15H2,1-5H3,(H,29,30,31). The molecule has 1 atom stereocenters. The summed E-state index contributed by atoms with van der Waals surface area (Å²) in [7, 11) is 1.59. The van der Waals surface area contributed by atoms with E-state index in [-0.39, 0.29) is 6.10 Å². The molecule has 3 aromatic rings. The van der Waals surface area contributed by atoms with Crippen molar-refractivity contribution < 1.29 is 19.0 Å². The van der Waals surface area contributed by atoms with Gasteiger partial charge in [-0.2, -0.15) is 4.98 Å². The van der Waals surface area contributed by atoms with Crippen LogP contribution < -0.4 is 14.8 Å². The van der Waals surface area contributed by atoms with Crippen molar-refractivity contribution in [1.29, 1.82) is 0 Å². The van der Waals surface area contributed by atoms with Gasteiger partial charge in [-0.1, -0.05) is 48.5 Å². The Morgan fingerprint density at radius 3 is 2.62 bits per heavy atom. The first kappa shape index (κ1) is 26.9. The third kappa shape index (κ3) is 6.22. The van der Waals surface area contributed by atoms with Gasteiger partial charge in [0.15, 0.2) is 11.5 Å². The SMILES string of the molecule is CCCSc1nc2n(n1)C(c1ccc(OCc3ccc(Cl)cc3)c(OC)c1)C(C(=O)OC(C)C)=C(C)N2. The molecule has 0 saturated heterocycles. The second kappa shape index (κ2) is 11.9. The van der Waals surface area contributed by atoms with Gasteiger partial charge < -0.3 is 19.5 Å². The van der Waals surface area contributed by atoms with Crippen LogP contribution >= 0.6 is 23.4 Å². The summed E-state index contributed by atoms with van der Waals surface area (Å²) >= 11 is 7.56. The molecule has 37 heavy (non-hydrogen) atoms. The third-order valence-corrected chi connectivity index (χ3v) is 6.94. The molecule has 0 radical (unpaired) electrons. The van der Waals surface area contributed by atoms with Gasteiger partial charge in [-0.05, 0) is 62.6 Å². The topological polar surface area (TPSA) is 87.5 Å². The van der Waals surface area contributed by atoms with E-state index in [4.69, 9.17) is 30.9 Å². The molecule has 1 aromatic heterocycles. The van der Waals surface area contributed by atoms with Gasteiger partial charge in [0, 0.05) is 16.5 Å². The van der Waals surface area contributed by atoms with E-state index in [1.807, 2.05) is 63.2 Å².